The van der Waals surface area contributed by atoms with Crippen LogP contribution in [0.4, 0.5) is 0 Å². The van der Waals surface area contributed by atoms with Gasteiger partial charge in [0.15, 0.2) is 10.9 Å². The normalized spacial score (nSPS) is 14.2. The van der Waals surface area contributed by atoms with Crippen LogP contribution < -0.4 is 4.74 Å². The first-order chi connectivity index (χ1) is 11.5. The number of amides is 1. The van der Waals surface area contributed by atoms with Crippen LogP contribution in [0.2, 0.25) is 5.15 Å². The van der Waals surface area contributed by atoms with E-state index in [9.17, 15) is 9.59 Å². The van der Waals surface area contributed by atoms with Gasteiger partial charge in [0.1, 0.15) is 0 Å². The zero-order valence-electron chi connectivity index (χ0n) is 13.1. The molecule has 24 heavy (non-hydrogen) atoms. The molecule has 0 radical (unpaired) electrons. The molecule has 0 spiro atoms. The number of halogens is 1. The van der Waals surface area contributed by atoms with Gasteiger partial charge in [-0.15, -0.1) is 0 Å². The van der Waals surface area contributed by atoms with Crippen LogP contribution in [-0.4, -0.2) is 46.3 Å². The number of Topliss-reactive ketones (excluding diaryl/α,β-unsaturated/α-hetero) is 1. The Labute approximate surface area is 144 Å². The Morgan fingerprint density at radius 2 is 1.88 bits per heavy atom. The molecule has 0 aliphatic carbocycles. The van der Waals surface area contributed by atoms with Crippen molar-refractivity contribution in [1.29, 1.82) is 0 Å². The predicted octanol–water partition coefficient (Wildman–Crippen LogP) is 2.48. The van der Waals surface area contributed by atoms with Gasteiger partial charge in [-0.1, -0.05) is 23.7 Å². The number of rotatable bonds is 5. The van der Waals surface area contributed by atoms with Crippen molar-refractivity contribution in [3.05, 3.63) is 52.9 Å². The highest BCUT2D eigenvalue weighted by Crippen LogP contribution is 2.20. The van der Waals surface area contributed by atoms with Crippen LogP contribution in [-0.2, 0) is 0 Å². The standard InChI is InChI=1S/C17H16ClN3O3/c1-11(22)13-2-4-14(5-3-13)17(23)21-8-12(9-21)10-24-16-7-19-6-15(18)20-16/h2-7,12H,8-10H2,1H3. The van der Waals surface area contributed by atoms with Crippen molar-refractivity contribution in [1.82, 2.24) is 14.9 Å². The van der Waals surface area contributed by atoms with E-state index in [0.717, 1.165) is 0 Å². The van der Waals surface area contributed by atoms with E-state index < -0.39 is 0 Å². The van der Waals surface area contributed by atoms with Crippen molar-refractivity contribution < 1.29 is 14.3 Å². The van der Waals surface area contributed by atoms with Crippen LogP contribution in [0, 0.1) is 5.92 Å². The summed E-state index contributed by atoms with van der Waals surface area (Å²) in [5.74, 6) is 0.585. The smallest absolute Gasteiger partial charge is 0.253 e. The summed E-state index contributed by atoms with van der Waals surface area (Å²) in [6.45, 7) is 3.21. The molecule has 1 aliphatic rings. The molecule has 1 fully saturated rings. The summed E-state index contributed by atoms with van der Waals surface area (Å²) in [6, 6.07) is 6.72. The fraction of sp³-hybridized carbons (Fsp3) is 0.294. The van der Waals surface area contributed by atoms with Gasteiger partial charge < -0.3 is 9.64 Å². The molecule has 7 heteroatoms. The minimum Gasteiger partial charge on any atom is -0.476 e. The highest BCUT2D eigenvalue weighted by atomic mass is 35.5. The highest BCUT2D eigenvalue weighted by molar-refractivity contribution is 6.29. The number of hydrogen-bond donors (Lipinski definition) is 0. The Balaban J connectivity index is 1.49. The van der Waals surface area contributed by atoms with E-state index in [4.69, 9.17) is 16.3 Å². The Morgan fingerprint density at radius 3 is 2.50 bits per heavy atom. The number of benzene rings is 1. The maximum atomic E-state index is 12.3. The zero-order valence-corrected chi connectivity index (χ0v) is 13.9. The maximum absolute atomic E-state index is 12.3. The van der Waals surface area contributed by atoms with E-state index in [2.05, 4.69) is 9.97 Å². The first kappa shape index (κ1) is 16.4. The van der Waals surface area contributed by atoms with Gasteiger partial charge in [-0.25, -0.2) is 0 Å². The van der Waals surface area contributed by atoms with Crippen LogP contribution in [0.5, 0.6) is 5.88 Å². The molecule has 0 N–H and O–H groups in total. The predicted molar refractivity (Wildman–Crippen MR) is 88.4 cm³/mol. The summed E-state index contributed by atoms with van der Waals surface area (Å²) in [7, 11) is 0. The van der Waals surface area contributed by atoms with E-state index in [1.54, 1.807) is 29.2 Å². The molecular weight excluding hydrogens is 330 g/mol. The lowest BCUT2D eigenvalue weighted by atomic mass is 9.99. The molecule has 0 saturated carbocycles. The van der Waals surface area contributed by atoms with Gasteiger partial charge in [-0.05, 0) is 19.1 Å². The number of ether oxygens (including phenoxy) is 1. The number of hydrogen-bond acceptors (Lipinski definition) is 5. The van der Waals surface area contributed by atoms with Crippen LogP contribution in [0.1, 0.15) is 27.6 Å². The van der Waals surface area contributed by atoms with Crippen molar-refractivity contribution in [3.63, 3.8) is 0 Å². The van der Waals surface area contributed by atoms with E-state index in [1.807, 2.05) is 0 Å². The quantitative estimate of drug-likeness (QED) is 0.778. The fourth-order valence-corrected chi connectivity index (χ4v) is 2.61. The highest BCUT2D eigenvalue weighted by Gasteiger charge is 2.31. The fourth-order valence-electron chi connectivity index (χ4n) is 2.47. The summed E-state index contributed by atoms with van der Waals surface area (Å²) in [6.07, 6.45) is 2.94. The third kappa shape index (κ3) is 3.71. The summed E-state index contributed by atoms with van der Waals surface area (Å²) in [4.78, 5) is 33.2. The van der Waals surface area contributed by atoms with Crippen molar-refractivity contribution in [3.8, 4) is 5.88 Å². The number of likely N-dealkylation sites (tertiary alicyclic amines) is 1. The topological polar surface area (TPSA) is 72.4 Å². The van der Waals surface area contributed by atoms with Gasteiger partial charge >= 0.3 is 0 Å². The number of aromatic nitrogens is 2. The number of carbonyl (C=O) groups is 2. The molecule has 0 atom stereocenters. The molecule has 0 bridgehead atoms. The Kier molecular flexibility index (Phi) is 4.76. The van der Waals surface area contributed by atoms with Crippen LogP contribution in [0.3, 0.4) is 0 Å². The van der Waals surface area contributed by atoms with E-state index in [-0.39, 0.29) is 22.8 Å². The van der Waals surface area contributed by atoms with Crippen molar-refractivity contribution in [2.75, 3.05) is 19.7 Å². The third-order valence-electron chi connectivity index (χ3n) is 3.83. The van der Waals surface area contributed by atoms with Gasteiger partial charge in [0.05, 0.1) is 19.0 Å². The molecule has 2 aromatic rings. The lowest BCUT2D eigenvalue weighted by Gasteiger charge is -2.38. The van der Waals surface area contributed by atoms with Crippen molar-refractivity contribution in [2.45, 2.75) is 6.92 Å². The second-order valence-electron chi connectivity index (χ2n) is 5.70. The molecule has 124 valence electrons. The van der Waals surface area contributed by atoms with Crippen LogP contribution >= 0.6 is 11.6 Å². The van der Waals surface area contributed by atoms with Gasteiger partial charge in [0.2, 0.25) is 5.88 Å². The molecule has 2 heterocycles. The SMILES string of the molecule is CC(=O)c1ccc(C(=O)N2CC(COc3cncc(Cl)n3)C2)cc1. The van der Waals surface area contributed by atoms with E-state index in [0.29, 0.717) is 36.7 Å². The Bertz CT molecular complexity index is 758. The van der Waals surface area contributed by atoms with E-state index >= 15 is 0 Å². The molecular formula is C17H16ClN3O3. The number of ketones is 1. The van der Waals surface area contributed by atoms with E-state index in [1.165, 1.54) is 19.3 Å². The van der Waals surface area contributed by atoms with Crippen molar-refractivity contribution in [2.24, 2.45) is 5.92 Å². The summed E-state index contributed by atoms with van der Waals surface area (Å²) in [5, 5.41) is 0.284. The molecule has 1 aromatic carbocycles. The maximum Gasteiger partial charge on any atom is 0.253 e. The molecule has 1 amide bonds. The van der Waals surface area contributed by atoms with Gasteiger partial charge in [0.25, 0.3) is 5.91 Å². The number of carbonyl (C=O) groups excluding carboxylic acids is 2. The Hall–Kier alpha value is -2.47. The largest absolute Gasteiger partial charge is 0.476 e. The van der Waals surface area contributed by atoms with Crippen LogP contribution in [0.15, 0.2) is 36.7 Å². The minimum absolute atomic E-state index is 0.0146. The summed E-state index contributed by atoms with van der Waals surface area (Å²) >= 11 is 5.74. The first-order valence-electron chi connectivity index (χ1n) is 7.53. The average molecular weight is 346 g/mol. The second kappa shape index (κ2) is 6.97. The summed E-state index contributed by atoms with van der Waals surface area (Å²) < 4.78 is 5.53. The average Bonchev–Trinajstić information content (AvgIpc) is 2.53. The minimum atomic E-state index is -0.0381. The first-order valence-corrected chi connectivity index (χ1v) is 7.91. The van der Waals surface area contributed by atoms with Crippen LogP contribution in [0.25, 0.3) is 0 Å². The monoisotopic (exact) mass is 345 g/mol. The molecule has 1 saturated heterocycles. The van der Waals surface area contributed by atoms with Crippen molar-refractivity contribution >= 4 is 23.3 Å². The van der Waals surface area contributed by atoms with Gasteiger partial charge in [-0.3, -0.25) is 14.6 Å². The molecule has 0 unspecified atom stereocenters. The molecule has 3 rings (SSSR count). The molecule has 1 aromatic heterocycles. The lowest BCUT2D eigenvalue weighted by Crippen LogP contribution is -2.52. The third-order valence-corrected chi connectivity index (χ3v) is 4.01. The number of nitrogens with zero attached hydrogens (tertiary/aromatic N) is 3. The lowest BCUT2D eigenvalue weighted by molar-refractivity contribution is 0.0388. The zero-order chi connectivity index (χ0) is 17.1. The Morgan fingerprint density at radius 1 is 1.21 bits per heavy atom. The summed E-state index contributed by atoms with van der Waals surface area (Å²) in [5.41, 5.74) is 1.18. The second-order valence-corrected chi connectivity index (χ2v) is 6.09. The molecule has 1 aliphatic heterocycles. The van der Waals surface area contributed by atoms with Gasteiger partial charge in [-0.2, -0.15) is 4.98 Å². The van der Waals surface area contributed by atoms with Gasteiger partial charge in [0, 0.05) is 30.1 Å². The molecule has 6 nitrogen and oxygen atoms in total.